The smallest absolute Gasteiger partial charge is 0.178 e. The molecule has 2 rings (SSSR count). The fraction of sp³-hybridized carbons (Fsp3) is 0.500. The second-order valence-corrected chi connectivity index (χ2v) is 5.88. The van der Waals surface area contributed by atoms with Crippen molar-refractivity contribution in [2.24, 2.45) is 0 Å². The van der Waals surface area contributed by atoms with Gasteiger partial charge in [-0.15, -0.1) is 0 Å². The van der Waals surface area contributed by atoms with Crippen LogP contribution in [0.5, 0.6) is 0 Å². The van der Waals surface area contributed by atoms with Gasteiger partial charge < -0.3 is 9.64 Å². The highest BCUT2D eigenvalue weighted by Gasteiger charge is 2.47. The van der Waals surface area contributed by atoms with Crippen LogP contribution < -0.4 is 0 Å². The molecule has 0 radical (unpaired) electrons. The second-order valence-electron chi connectivity index (χ2n) is 4.91. The van der Waals surface area contributed by atoms with Crippen molar-refractivity contribution < 1.29 is 4.74 Å². The number of amidine groups is 1. The van der Waals surface area contributed by atoms with Gasteiger partial charge in [-0.1, -0.05) is 41.6 Å². The fourth-order valence-corrected chi connectivity index (χ4v) is 3.69. The van der Waals surface area contributed by atoms with Crippen LogP contribution in [0.15, 0.2) is 24.3 Å². The van der Waals surface area contributed by atoms with Gasteiger partial charge in [0.15, 0.2) is 10.9 Å². The summed E-state index contributed by atoms with van der Waals surface area (Å²) < 4.78 is 5.83. The fourth-order valence-electron chi connectivity index (χ4n) is 2.43. The van der Waals surface area contributed by atoms with E-state index in [1.165, 1.54) is 5.56 Å². The van der Waals surface area contributed by atoms with Gasteiger partial charge in [0.1, 0.15) is 0 Å². The van der Waals surface area contributed by atoms with E-state index >= 15 is 0 Å². The summed E-state index contributed by atoms with van der Waals surface area (Å²) in [4.78, 5) is 2.06. The van der Waals surface area contributed by atoms with Crippen molar-refractivity contribution >= 4 is 16.9 Å². The van der Waals surface area contributed by atoms with Gasteiger partial charge in [0.2, 0.25) is 0 Å². The summed E-state index contributed by atoms with van der Waals surface area (Å²) in [5.41, 5.74) is 1.87. The Bertz CT molecular complexity index is 444. The molecule has 1 aromatic rings. The normalized spacial score (nSPS) is 24.1. The van der Waals surface area contributed by atoms with E-state index in [-0.39, 0.29) is 6.04 Å². The maximum absolute atomic E-state index is 8.10. The van der Waals surface area contributed by atoms with Crippen LogP contribution >= 0.6 is 11.8 Å². The Balaban J connectivity index is 2.47. The van der Waals surface area contributed by atoms with Crippen molar-refractivity contribution in [3.63, 3.8) is 0 Å². The van der Waals surface area contributed by atoms with E-state index in [0.29, 0.717) is 5.17 Å². The predicted octanol–water partition coefficient (Wildman–Crippen LogP) is 3.19. The number of hydrogen-bond donors (Lipinski definition) is 1. The average Bonchev–Trinajstić information content (AvgIpc) is 2.68. The van der Waals surface area contributed by atoms with Gasteiger partial charge in [-0.2, -0.15) is 0 Å². The molecule has 1 aliphatic heterocycles. The Morgan fingerprint density at radius 2 is 1.94 bits per heavy atom. The van der Waals surface area contributed by atoms with Gasteiger partial charge in [-0.25, -0.2) is 0 Å². The lowest BCUT2D eigenvalue weighted by Gasteiger charge is -2.40. The monoisotopic (exact) mass is 264 g/mol. The van der Waals surface area contributed by atoms with E-state index < -0.39 is 5.72 Å². The first-order valence-electron chi connectivity index (χ1n) is 6.14. The molecule has 18 heavy (non-hydrogen) atoms. The summed E-state index contributed by atoms with van der Waals surface area (Å²) in [6, 6.07) is 8.65. The Kier molecular flexibility index (Phi) is 3.69. The molecule has 0 amide bonds. The van der Waals surface area contributed by atoms with Gasteiger partial charge in [0.05, 0.1) is 5.75 Å². The van der Waals surface area contributed by atoms with Crippen LogP contribution in [-0.2, 0) is 10.5 Å². The minimum atomic E-state index is -0.496. The molecule has 0 spiro atoms. The molecule has 1 atom stereocenters. The van der Waals surface area contributed by atoms with Crippen molar-refractivity contribution in [2.75, 3.05) is 12.9 Å². The molecule has 1 heterocycles. The zero-order chi connectivity index (χ0) is 13.3. The molecule has 1 N–H and O–H groups in total. The zero-order valence-electron chi connectivity index (χ0n) is 11.4. The summed E-state index contributed by atoms with van der Waals surface area (Å²) in [5, 5.41) is 8.69. The molecule has 1 aromatic carbocycles. The van der Waals surface area contributed by atoms with E-state index in [9.17, 15) is 0 Å². The summed E-state index contributed by atoms with van der Waals surface area (Å²) in [6.45, 7) is 6.28. The van der Waals surface area contributed by atoms with E-state index in [0.717, 1.165) is 11.3 Å². The molecule has 98 valence electrons. The first-order valence-corrected chi connectivity index (χ1v) is 7.13. The first-order chi connectivity index (χ1) is 8.51. The minimum absolute atomic E-state index is 0.244. The van der Waals surface area contributed by atoms with Crippen LogP contribution in [-0.4, -0.2) is 29.0 Å². The highest BCUT2D eigenvalue weighted by Crippen LogP contribution is 2.42. The highest BCUT2D eigenvalue weighted by atomic mass is 32.2. The number of benzene rings is 1. The molecule has 1 unspecified atom stereocenters. The standard InChI is InChI=1S/C14H20N2OS/c1-10(2)16-13(15)18-9-14(16,17-4)12-7-5-11(3)6-8-12/h5-8,10,15H,9H2,1-4H3. The van der Waals surface area contributed by atoms with Crippen LogP contribution in [0.1, 0.15) is 25.0 Å². The Labute approximate surface area is 113 Å². The number of nitrogens with one attached hydrogen (secondary N) is 1. The first kappa shape index (κ1) is 13.4. The Morgan fingerprint density at radius 1 is 1.33 bits per heavy atom. The maximum atomic E-state index is 8.10. The number of thioether (sulfide) groups is 1. The van der Waals surface area contributed by atoms with Crippen LogP contribution in [0.4, 0.5) is 0 Å². The molecule has 1 saturated heterocycles. The summed E-state index contributed by atoms with van der Waals surface area (Å²) in [7, 11) is 1.73. The number of rotatable bonds is 3. The summed E-state index contributed by atoms with van der Waals surface area (Å²) in [5.74, 6) is 0.767. The van der Waals surface area contributed by atoms with E-state index in [2.05, 4.69) is 49.9 Å². The average molecular weight is 264 g/mol. The SMILES string of the molecule is COC1(c2ccc(C)cc2)CSC(=N)N1C(C)C. The largest absolute Gasteiger partial charge is 0.354 e. The van der Waals surface area contributed by atoms with Gasteiger partial charge in [-0.05, 0) is 20.8 Å². The zero-order valence-corrected chi connectivity index (χ0v) is 12.2. The quantitative estimate of drug-likeness (QED) is 0.911. The van der Waals surface area contributed by atoms with E-state index in [1.807, 2.05) is 0 Å². The third-order valence-electron chi connectivity index (χ3n) is 3.37. The molecule has 0 saturated carbocycles. The molecule has 0 aromatic heterocycles. The van der Waals surface area contributed by atoms with Gasteiger partial charge in [0.25, 0.3) is 0 Å². The van der Waals surface area contributed by atoms with E-state index in [1.54, 1.807) is 18.9 Å². The van der Waals surface area contributed by atoms with Crippen LogP contribution in [0.3, 0.4) is 0 Å². The molecular weight excluding hydrogens is 244 g/mol. The van der Waals surface area contributed by atoms with Crippen LogP contribution in [0, 0.1) is 12.3 Å². The molecule has 4 heteroatoms. The maximum Gasteiger partial charge on any atom is 0.178 e. The Morgan fingerprint density at radius 3 is 2.44 bits per heavy atom. The molecule has 0 bridgehead atoms. The molecule has 1 fully saturated rings. The second kappa shape index (κ2) is 4.94. The van der Waals surface area contributed by atoms with Crippen molar-refractivity contribution in [3.8, 4) is 0 Å². The number of aryl methyl sites for hydroxylation is 1. The van der Waals surface area contributed by atoms with Gasteiger partial charge in [0, 0.05) is 18.7 Å². The number of ether oxygens (including phenoxy) is 1. The summed E-state index contributed by atoms with van der Waals surface area (Å²) >= 11 is 1.55. The highest BCUT2D eigenvalue weighted by molar-refractivity contribution is 8.14. The number of methoxy groups -OCH3 is 1. The topological polar surface area (TPSA) is 36.3 Å². The molecular formula is C14H20N2OS. The van der Waals surface area contributed by atoms with Crippen LogP contribution in [0.2, 0.25) is 0 Å². The lowest BCUT2D eigenvalue weighted by Crippen LogP contribution is -2.49. The Hall–Kier alpha value is -1.00. The number of hydrogen-bond acceptors (Lipinski definition) is 3. The molecule has 0 aliphatic carbocycles. The summed E-state index contributed by atoms with van der Waals surface area (Å²) in [6.07, 6.45) is 0. The van der Waals surface area contributed by atoms with Gasteiger partial charge in [-0.3, -0.25) is 5.41 Å². The van der Waals surface area contributed by atoms with Crippen molar-refractivity contribution in [1.29, 1.82) is 5.41 Å². The molecule has 1 aliphatic rings. The van der Waals surface area contributed by atoms with Crippen molar-refractivity contribution in [1.82, 2.24) is 4.90 Å². The minimum Gasteiger partial charge on any atom is -0.354 e. The molecule has 3 nitrogen and oxygen atoms in total. The van der Waals surface area contributed by atoms with Gasteiger partial charge >= 0.3 is 0 Å². The lowest BCUT2D eigenvalue weighted by atomic mass is 10.00. The third-order valence-corrected chi connectivity index (χ3v) is 4.37. The lowest BCUT2D eigenvalue weighted by molar-refractivity contribution is -0.0966. The number of nitrogens with zero attached hydrogens (tertiary/aromatic N) is 1. The third kappa shape index (κ3) is 2.04. The van der Waals surface area contributed by atoms with Crippen molar-refractivity contribution in [2.45, 2.75) is 32.5 Å². The van der Waals surface area contributed by atoms with Crippen molar-refractivity contribution in [3.05, 3.63) is 35.4 Å². The predicted molar refractivity (Wildman–Crippen MR) is 77.0 cm³/mol. The van der Waals surface area contributed by atoms with Crippen LogP contribution in [0.25, 0.3) is 0 Å². The van der Waals surface area contributed by atoms with E-state index in [4.69, 9.17) is 10.1 Å².